The van der Waals surface area contributed by atoms with Crippen molar-refractivity contribution in [3.63, 3.8) is 0 Å². The van der Waals surface area contributed by atoms with E-state index in [0.717, 1.165) is 104 Å². The lowest BCUT2D eigenvalue weighted by Crippen LogP contribution is -1.91. The van der Waals surface area contributed by atoms with Gasteiger partial charge < -0.3 is 15.7 Å². The molecule has 0 amide bonds. The summed E-state index contributed by atoms with van der Waals surface area (Å²) in [5, 5.41) is 25.2. The number of non-ortho nitro benzene ring substituents is 1. The number of nitro groups is 1. The number of nitrogen functional groups attached to an aromatic ring is 1. The van der Waals surface area contributed by atoms with E-state index in [1.807, 2.05) is 60.7 Å². The lowest BCUT2D eigenvalue weighted by Gasteiger charge is -2.12. The van der Waals surface area contributed by atoms with Crippen LogP contribution in [-0.2, 0) is 0 Å². The Morgan fingerprint density at radius 3 is 0.987 bits per heavy atom. The highest BCUT2D eigenvalue weighted by Crippen LogP contribution is 2.42. The minimum Gasteiger partial charge on any atom is -0.397 e. The number of anilines is 1. The Hall–Kier alpha value is -10.6. The zero-order chi connectivity index (χ0) is 52.5. The van der Waals surface area contributed by atoms with Crippen molar-refractivity contribution in [1.29, 1.82) is 0 Å². The van der Waals surface area contributed by atoms with Gasteiger partial charge in [-0.15, -0.1) is 0 Å². The maximum atomic E-state index is 12.4. The molecule has 0 aliphatic heterocycles. The second-order valence-electron chi connectivity index (χ2n) is 19.4. The molecular weight excluding hydrogens is 953 g/mol. The number of nitro benzene ring substituents is 1. The van der Waals surface area contributed by atoms with E-state index in [0.29, 0.717) is 5.52 Å². The average Bonchev–Trinajstić information content (AvgIpc) is 3.76. The van der Waals surface area contributed by atoms with Crippen molar-refractivity contribution < 1.29 is 4.92 Å². The highest BCUT2D eigenvalue weighted by Gasteiger charge is 2.18. The number of nitrogens with zero attached hydrogens (tertiary/aromatic N) is 1. The van der Waals surface area contributed by atoms with Crippen LogP contribution in [0.5, 0.6) is 0 Å². The molecule has 0 unspecified atom stereocenters. The molecule has 12 aromatic carbocycles. The fourth-order valence-electron chi connectivity index (χ4n) is 11.5. The van der Waals surface area contributed by atoms with E-state index in [2.05, 4.69) is 216 Å². The number of hydrogen-bond donors (Lipinski definition) is 3. The summed E-state index contributed by atoms with van der Waals surface area (Å²) in [6, 6.07) is 95.9. The second-order valence-corrected chi connectivity index (χ2v) is 19.4. The Morgan fingerprint density at radius 1 is 0.269 bits per heavy atom. The number of nitrogens with two attached hydrogens (primary N) is 1. The molecule has 0 saturated heterocycles. The van der Waals surface area contributed by atoms with Crippen molar-refractivity contribution >= 4 is 98.1 Å². The molecule has 6 nitrogen and oxygen atoms in total. The lowest BCUT2D eigenvalue weighted by molar-refractivity contribution is -0.383. The molecule has 0 saturated carbocycles. The van der Waals surface area contributed by atoms with Crippen LogP contribution >= 0.6 is 0 Å². The summed E-state index contributed by atoms with van der Waals surface area (Å²) in [7, 11) is 0. The normalized spacial score (nSPS) is 11.2. The molecule has 78 heavy (non-hydrogen) atoms. The van der Waals surface area contributed by atoms with Gasteiger partial charge in [-0.05, 0) is 82.5 Å². The number of nitrogens with one attached hydrogen (secondary N) is 2. The first kappa shape index (κ1) is 47.2. The molecule has 14 aromatic rings. The van der Waals surface area contributed by atoms with E-state index in [-0.39, 0.29) is 10.6 Å². The van der Waals surface area contributed by atoms with Crippen LogP contribution in [0.15, 0.2) is 279 Å². The fourth-order valence-corrected chi connectivity index (χ4v) is 11.5. The van der Waals surface area contributed by atoms with Gasteiger partial charge in [0.15, 0.2) is 0 Å². The van der Waals surface area contributed by atoms with Crippen molar-refractivity contribution in [3.05, 3.63) is 289 Å². The van der Waals surface area contributed by atoms with Gasteiger partial charge in [0.2, 0.25) is 0 Å². The van der Waals surface area contributed by atoms with Gasteiger partial charge in [0, 0.05) is 38.7 Å². The maximum absolute atomic E-state index is 12.4. The fraction of sp³-hybridized carbons (Fsp3) is 0. The smallest absolute Gasteiger partial charge is 0.293 e. The lowest BCUT2D eigenvalue weighted by atomic mass is 9.93. The van der Waals surface area contributed by atoms with Gasteiger partial charge in [0.1, 0.15) is 5.52 Å². The Bertz CT molecular complexity index is 4760. The average molecular weight is 1000 g/mol. The third-order valence-electron chi connectivity index (χ3n) is 15.0. The summed E-state index contributed by atoms with van der Waals surface area (Å²) in [4.78, 5) is 19.5. The summed E-state index contributed by atoms with van der Waals surface area (Å²) in [5.41, 5.74) is 19.6. The summed E-state index contributed by atoms with van der Waals surface area (Å²) in [6.45, 7) is 0. The SMILES string of the molecule is Nc1cccc2c1[nH]c1c(-c3ccccc3)cccc1c1c(-c3ccccc3)cccc1c1ccccc21.O=[N+]([O-])c1cccc2c1[nH]c1c(-c3ccccc3)cccc1c1c(-c3ccccc3)cccc1c1ccccc21. The summed E-state index contributed by atoms with van der Waals surface area (Å²) in [5.74, 6) is 0. The van der Waals surface area contributed by atoms with E-state index in [1.54, 1.807) is 12.1 Å². The summed E-state index contributed by atoms with van der Waals surface area (Å²) < 4.78 is 0. The van der Waals surface area contributed by atoms with Crippen LogP contribution in [0.4, 0.5) is 11.4 Å². The molecule has 6 heteroatoms. The van der Waals surface area contributed by atoms with E-state index >= 15 is 0 Å². The molecule has 4 N–H and O–H groups in total. The van der Waals surface area contributed by atoms with Crippen LogP contribution in [0.2, 0.25) is 0 Å². The van der Waals surface area contributed by atoms with Crippen LogP contribution in [0, 0.1) is 10.1 Å². The quantitative estimate of drug-likeness (QED) is 0.0909. The largest absolute Gasteiger partial charge is 0.397 e. The standard InChI is InChI=1S/C36H24N2O2.C36H26N2/c39-38(40)33-23-11-21-31-29-17-8-7-16-28(29)30-20-9-18-26(24-12-3-1-4-13-24)34(30)32-22-10-19-27(35(32)37-36(31)33)25-14-5-2-6-15-25;37-33-23-11-21-31-29-17-8-7-16-28(29)30-20-9-18-26(24-12-3-1-4-13-24)34(30)32-22-10-19-27(35(32)38-36(31)33)25-14-5-2-6-15-25/h1-23,37H;1-23,38H,37H2. The molecule has 370 valence electrons. The number of para-hydroxylation sites is 4. The van der Waals surface area contributed by atoms with Gasteiger partial charge in [-0.2, -0.15) is 0 Å². The molecule has 0 aliphatic carbocycles. The molecule has 0 bridgehead atoms. The second kappa shape index (κ2) is 20.3. The van der Waals surface area contributed by atoms with Crippen LogP contribution in [0.1, 0.15) is 0 Å². The van der Waals surface area contributed by atoms with Crippen molar-refractivity contribution in [3.8, 4) is 44.5 Å². The van der Waals surface area contributed by atoms with Gasteiger partial charge in [0.05, 0.1) is 27.2 Å². The molecule has 2 aromatic heterocycles. The van der Waals surface area contributed by atoms with Gasteiger partial charge in [-0.3, -0.25) is 10.1 Å². The van der Waals surface area contributed by atoms with Gasteiger partial charge in [-0.25, -0.2) is 0 Å². The number of hydrogen-bond acceptors (Lipinski definition) is 3. The predicted octanol–water partition coefficient (Wildman–Crippen LogP) is 19.7. The number of rotatable bonds is 5. The number of aromatic nitrogens is 2. The molecule has 0 atom stereocenters. The zero-order valence-electron chi connectivity index (χ0n) is 42.4. The molecule has 0 spiro atoms. The third-order valence-corrected chi connectivity index (χ3v) is 15.0. The van der Waals surface area contributed by atoms with Crippen LogP contribution in [0.25, 0.3) is 131 Å². The highest BCUT2D eigenvalue weighted by molar-refractivity contribution is 6.26. The predicted molar refractivity (Wildman–Crippen MR) is 330 cm³/mol. The molecular formula is C72H50N4O2. The molecule has 14 rings (SSSR count). The zero-order valence-corrected chi connectivity index (χ0v) is 42.4. The molecule has 0 fully saturated rings. The van der Waals surface area contributed by atoms with Crippen molar-refractivity contribution in [2.24, 2.45) is 0 Å². The van der Waals surface area contributed by atoms with Gasteiger partial charge >= 0.3 is 0 Å². The van der Waals surface area contributed by atoms with E-state index in [1.165, 1.54) is 27.3 Å². The first-order valence-electron chi connectivity index (χ1n) is 26.1. The Kier molecular flexibility index (Phi) is 12.3. The van der Waals surface area contributed by atoms with Gasteiger partial charge in [0.25, 0.3) is 5.69 Å². The monoisotopic (exact) mass is 1000 g/mol. The number of fused-ring (bicyclic) bond motifs is 14. The summed E-state index contributed by atoms with van der Waals surface area (Å²) in [6.07, 6.45) is 0. The van der Waals surface area contributed by atoms with Crippen LogP contribution in [0.3, 0.4) is 0 Å². The molecule has 0 radical (unpaired) electrons. The third kappa shape index (κ3) is 8.44. The molecule has 0 aliphatic rings. The van der Waals surface area contributed by atoms with Gasteiger partial charge in [-0.1, -0.05) is 267 Å². The van der Waals surface area contributed by atoms with E-state index in [4.69, 9.17) is 5.73 Å². The van der Waals surface area contributed by atoms with E-state index < -0.39 is 0 Å². The Labute approximate surface area is 450 Å². The first-order valence-corrected chi connectivity index (χ1v) is 26.1. The number of aromatic amines is 2. The van der Waals surface area contributed by atoms with Crippen molar-refractivity contribution in [2.45, 2.75) is 0 Å². The number of H-pyrrole nitrogens is 2. The minimum atomic E-state index is -0.306. The molecule has 2 heterocycles. The minimum absolute atomic E-state index is 0.0374. The summed E-state index contributed by atoms with van der Waals surface area (Å²) >= 11 is 0. The Morgan fingerprint density at radius 2 is 0.564 bits per heavy atom. The number of benzene rings is 12. The van der Waals surface area contributed by atoms with Crippen LogP contribution < -0.4 is 5.73 Å². The van der Waals surface area contributed by atoms with Crippen LogP contribution in [-0.4, -0.2) is 14.9 Å². The highest BCUT2D eigenvalue weighted by atomic mass is 16.6. The first-order chi connectivity index (χ1) is 38.5. The van der Waals surface area contributed by atoms with Crippen molar-refractivity contribution in [1.82, 2.24) is 9.97 Å². The van der Waals surface area contributed by atoms with E-state index in [9.17, 15) is 10.1 Å². The maximum Gasteiger partial charge on any atom is 0.293 e. The Balaban J connectivity index is 0.000000149. The topological polar surface area (TPSA) is 101 Å². The van der Waals surface area contributed by atoms with Crippen molar-refractivity contribution in [2.75, 3.05) is 5.73 Å².